The van der Waals surface area contributed by atoms with Gasteiger partial charge < -0.3 is 19.7 Å². The highest BCUT2D eigenvalue weighted by Crippen LogP contribution is 2.34. The second-order valence-corrected chi connectivity index (χ2v) is 7.05. The summed E-state index contributed by atoms with van der Waals surface area (Å²) in [7, 11) is 3.20. The third-order valence-corrected chi connectivity index (χ3v) is 5.51. The quantitative estimate of drug-likeness (QED) is 0.842. The summed E-state index contributed by atoms with van der Waals surface area (Å²) in [4.78, 5) is 16.2. The van der Waals surface area contributed by atoms with Crippen LogP contribution in [0, 0.1) is 0 Å². The van der Waals surface area contributed by atoms with E-state index < -0.39 is 0 Å². The van der Waals surface area contributed by atoms with Gasteiger partial charge in [-0.3, -0.25) is 0 Å². The number of urea groups is 1. The fourth-order valence-corrected chi connectivity index (χ4v) is 4.10. The number of methoxy groups -OCH3 is 2. The molecule has 6 heteroatoms. The van der Waals surface area contributed by atoms with Crippen LogP contribution in [0.15, 0.2) is 35.7 Å². The SMILES string of the molecule is COc1ccc(OC)c(NC(=O)N2CCCCC[C@@H]2c2cccs2)c1. The molecule has 0 saturated carbocycles. The number of rotatable bonds is 4. The standard InChI is InChI=1S/C19H24N2O3S/c1-23-14-9-10-17(24-2)15(13-14)20-19(22)21-11-5-3-4-7-16(21)18-8-6-12-25-18/h6,8-10,12-13,16H,3-5,7,11H2,1-2H3,(H,20,22)/t16-/m1/s1. The summed E-state index contributed by atoms with van der Waals surface area (Å²) in [5.41, 5.74) is 0.626. The van der Waals surface area contributed by atoms with Crippen LogP contribution in [0.1, 0.15) is 36.6 Å². The van der Waals surface area contributed by atoms with E-state index in [-0.39, 0.29) is 12.1 Å². The first-order valence-corrected chi connectivity index (χ1v) is 9.44. The number of thiophene rings is 1. The van der Waals surface area contributed by atoms with Crippen molar-refractivity contribution in [2.24, 2.45) is 0 Å². The van der Waals surface area contributed by atoms with Gasteiger partial charge in [0.1, 0.15) is 11.5 Å². The topological polar surface area (TPSA) is 50.8 Å². The second-order valence-electron chi connectivity index (χ2n) is 6.07. The average molecular weight is 360 g/mol. The molecule has 1 saturated heterocycles. The Morgan fingerprint density at radius 1 is 1.20 bits per heavy atom. The average Bonchev–Trinajstić information content (AvgIpc) is 3.05. The van der Waals surface area contributed by atoms with Crippen LogP contribution >= 0.6 is 11.3 Å². The molecule has 1 aliphatic heterocycles. The van der Waals surface area contributed by atoms with Gasteiger partial charge in [0, 0.05) is 17.5 Å². The van der Waals surface area contributed by atoms with Gasteiger partial charge >= 0.3 is 6.03 Å². The highest BCUT2D eigenvalue weighted by atomic mass is 32.1. The zero-order chi connectivity index (χ0) is 17.6. The third kappa shape index (κ3) is 4.07. The van der Waals surface area contributed by atoms with Crippen LogP contribution in [-0.4, -0.2) is 31.7 Å². The number of benzene rings is 1. The van der Waals surface area contributed by atoms with Crippen LogP contribution in [-0.2, 0) is 0 Å². The summed E-state index contributed by atoms with van der Waals surface area (Å²) in [6, 6.07) is 9.61. The first kappa shape index (κ1) is 17.6. The van der Waals surface area contributed by atoms with Gasteiger partial charge in [0.15, 0.2) is 0 Å². The van der Waals surface area contributed by atoms with E-state index in [2.05, 4.69) is 16.8 Å². The fourth-order valence-electron chi connectivity index (χ4n) is 3.23. The predicted molar refractivity (Wildman–Crippen MR) is 101 cm³/mol. The minimum atomic E-state index is -0.0909. The summed E-state index contributed by atoms with van der Waals surface area (Å²) in [5.74, 6) is 1.30. The number of carbonyl (C=O) groups is 1. The highest BCUT2D eigenvalue weighted by Gasteiger charge is 2.28. The Morgan fingerprint density at radius 3 is 2.80 bits per heavy atom. The monoisotopic (exact) mass is 360 g/mol. The molecule has 2 amide bonds. The molecule has 1 aromatic heterocycles. The second kappa shape index (κ2) is 8.25. The molecule has 0 spiro atoms. The summed E-state index contributed by atoms with van der Waals surface area (Å²) in [6.07, 6.45) is 4.34. The van der Waals surface area contributed by atoms with Crippen molar-refractivity contribution in [2.45, 2.75) is 31.7 Å². The number of nitrogens with zero attached hydrogens (tertiary/aromatic N) is 1. The lowest BCUT2D eigenvalue weighted by molar-refractivity contribution is 0.190. The van der Waals surface area contributed by atoms with Crippen molar-refractivity contribution in [1.82, 2.24) is 4.90 Å². The fraction of sp³-hybridized carbons (Fsp3) is 0.421. The van der Waals surface area contributed by atoms with E-state index in [1.54, 1.807) is 37.7 Å². The number of likely N-dealkylation sites (tertiary alicyclic amines) is 1. The van der Waals surface area contributed by atoms with Crippen molar-refractivity contribution < 1.29 is 14.3 Å². The van der Waals surface area contributed by atoms with E-state index in [1.165, 1.54) is 4.88 Å². The lowest BCUT2D eigenvalue weighted by Crippen LogP contribution is -2.37. The third-order valence-electron chi connectivity index (χ3n) is 4.53. The van der Waals surface area contributed by atoms with Crippen LogP contribution in [0.25, 0.3) is 0 Å². The van der Waals surface area contributed by atoms with Crippen molar-refractivity contribution in [3.8, 4) is 11.5 Å². The number of ether oxygens (including phenoxy) is 2. The van der Waals surface area contributed by atoms with Gasteiger partial charge in [0.05, 0.1) is 25.9 Å². The van der Waals surface area contributed by atoms with Crippen molar-refractivity contribution >= 4 is 23.1 Å². The van der Waals surface area contributed by atoms with Crippen molar-refractivity contribution in [3.63, 3.8) is 0 Å². The maximum atomic E-state index is 13.0. The number of nitrogens with one attached hydrogen (secondary N) is 1. The van der Waals surface area contributed by atoms with Gasteiger partial charge in [-0.2, -0.15) is 0 Å². The number of anilines is 1. The number of hydrogen-bond acceptors (Lipinski definition) is 4. The largest absolute Gasteiger partial charge is 0.497 e. The molecule has 1 atom stereocenters. The van der Waals surface area contributed by atoms with Gasteiger partial charge in [-0.25, -0.2) is 4.79 Å². The van der Waals surface area contributed by atoms with E-state index in [0.717, 1.165) is 32.2 Å². The van der Waals surface area contributed by atoms with Gasteiger partial charge in [0.25, 0.3) is 0 Å². The molecule has 1 N–H and O–H groups in total. The molecule has 0 bridgehead atoms. The Bertz CT molecular complexity index is 703. The molecule has 0 radical (unpaired) electrons. The lowest BCUT2D eigenvalue weighted by atomic mass is 10.1. The van der Waals surface area contributed by atoms with Gasteiger partial charge in [-0.1, -0.05) is 18.9 Å². The Labute approximate surface area is 152 Å². The Morgan fingerprint density at radius 2 is 2.08 bits per heavy atom. The van der Waals surface area contributed by atoms with E-state index in [4.69, 9.17) is 9.47 Å². The highest BCUT2D eigenvalue weighted by molar-refractivity contribution is 7.10. The molecule has 134 valence electrons. The Kier molecular flexibility index (Phi) is 5.81. The molecule has 0 aliphatic carbocycles. The van der Waals surface area contributed by atoms with Crippen molar-refractivity contribution in [3.05, 3.63) is 40.6 Å². The number of amides is 2. The minimum Gasteiger partial charge on any atom is -0.497 e. The van der Waals surface area contributed by atoms with Crippen LogP contribution in [0.3, 0.4) is 0 Å². The first-order chi connectivity index (χ1) is 12.2. The molecule has 2 heterocycles. The zero-order valence-corrected chi connectivity index (χ0v) is 15.5. The van der Waals surface area contributed by atoms with E-state index in [0.29, 0.717) is 17.2 Å². The van der Waals surface area contributed by atoms with E-state index >= 15 is 0 Å². The van der Waals surface area contributed by atoms with Crippen LogP contribution < -0.4 is 14.8 Å². The molecule has 1 aliphatic rings. The Hall–Kier alpha value is -2.21. The molecule has 3 rings (SSSR count). The summed E-state index contributed by atoms with van der Waals surface area (Å²) < 4.78 is 10.6. The predicted octanol–water partition coefficient (Wildman–Crippen LogP) is 4.91. The van der Waals surface area contributed by atoms with Gasteiger partial charge in [-0.15, -0.1) is 11.3 Å². The minimum absolute atomic E-state index is 0.0909. The Balaban J connectivity index is 1.83. The van der Waals surface area contributed by atoms with E-state index in [1.807, 2.05) is 17.0 Å². The molecule has 25 heavy (non-hydrogen) atoms. The maximum Gasteiger partial charge on any atom is 0.322 e. The van der Waals surface area contributed by atoms with Crippen molar-refractivity contribution in [2.75, 3.05) is 26.1 Å². The molecular weight excluding hydrogens is 336 g/mol. The van der Waals surface area contributed by atoms with Gasteiger partial charge in [-0.05, 0) is 36.4 Å². The molecule has 2 aromatic rings. The summed E-state index contributed by atoms with van der Waals surface area (Å²) in [6.45, 7) is 0.765. The normalized spacial score (nSPS) is 17.7. The van der Waals surface area contributed by atoms with Crippen LogP contribution in [0.2, 0.25) is 0 Å². The molecule has 0 unspecified atom stereocenters. The number of carbonyl (C=O) groups excluding carboxylic acids is 1. The van der Waals surface area contributed by atoms with Crippen LogP contribution in [0.5, 0.6) is 11.5 Å². The van der Waals surface area contributed by atoms with Crippen molar-refractivity contribution in [1.29, 1.82) is 0 Å². The lowest BCUT2D eigenvalue weighted by Gasteiger charge is -2.29. The summed E-state index contributed by atoms with van der Waals surface area (Å²) >= 11 is 1.71. The smallest absolute Gasteiger partial charge is 0.322 e. The maximum absolute atomic E-state index is 13.0. The molecule has 1 fully saturated rings. The summed E-state index contributed by atoms with van der Waals surface area (Å²) in [5, 5.41) is 5.08. The zero-order valence-electron chi connectivity index (χ0n) is 14.7. The molecular formula is C19H24N2O3S. The van der Waals surface area contributed by atoms with E-state index in [9.17, 15) is 4.79 Å². The van der Waals surface area contributed by atoms with Gasteiger partial charge in [0.2, 0.25) is 0 Å². The number of hydrogen-bond donors (Lipinski definition) is 1. The molecule has 1 aromatic carbocycles. The molecule has 5 nitrogen and oxygen atoms in total. The first-order valence-electron chi connectivity index (χ1n) is 8.56. The van der Waals surface area contributed by atoms with Crippen LogP contribution in [0.4, 0.5) is 10.5 Å².